The number of nitrogens with one attached hydrogen (secondary N) is 2. The summed E-state index contributed by atoms with van der Waals surface area (Å²) >= 11 is 0. The average Bonchev–Trinajstić information content (AvgIpc) is 2.55. The smallest absolute Gasteiger partial charge is 0.407 e. The van der Waals surface area contributed by atoms with E-state index in [2.05, 4.69) is 24.5 Å². The van der Waals surface area contributed by atoms with Gasteiger partial charge in [-0.15, -0.1) is 0 Å². The van der Waals surface area contributed by atoms with Gasteiger partial charge in [-0.3, -0.25) is 0 Å². The highest BCUT2D eigenvalue weighted by molar-refractivity contribution is 5.68. The van der Waals surface area contributed by atoms with Crippen molar-refractivity contribution in [1.82, 2.24) is 10.6 Å². The average molecular weight is 367 g/mol. The predicted octanol–water partition coefficient (Wildman–Crippen LogP) is 3.76. The number of carbonyl (C=O) groups excluding carboxylic acids is 1. The van der Waals surface area contributed by atoms with E-state index < -0.39 is 23.8 Å². The van der Waals surface area contributed by atoms with Crippen LogP contribution in [0.5, 0.6) is 0 Å². The van der Waals surface area contributed by atoms with E-state index in [9.17, 15) is 9.90 Å². The Bertz CT molecular complexity index is 484. The summed E-state index contributed by atoms with van der Waals surface area (Å²) in [5.41, 5.74) is 0.490. The summed E-state index contributed by atoms with van der Waals surface area (Å²) in [6.07, 6.45) is -0.659. The Morgan fingerprint density at radius 2 is 1.69 bits per heavy atom. The molecule has 1 rings (SSSR count). The van der Waals surface area contributed by atoms with Gasteiger partial charge >= 0.3 is 6.09 Å². The van der Waals surface area contributed by atoms with Crippen LogP contribution in [0.25, 0.3) is 0 Å². The topological polar surface area (TPSA) is 70.6 Å². The Morgan fingerprint density at radius 1 is 1.12 bits per heavy atom. The van der Waals surface area contributed by atoms with Gasteiger partial charge in [-0.25, -0.2) is 4.79 Å². The zero-order valence-electron chi connectivity index (χ0n) is 17.5. The fourth-order valence-electron chi connectivity index (χ4n) is 2.27. The maximum Gasteiger partial charge on any atom is 0.407 e. The monoisotopic (exact) mass is 366 g/mol. The lowest BCUT2D eigenvalue weighted by atomic mass is 10.0. The lowest BCUT2D eigenvalue weighted by Gasteiger charge is -2.27. The molecule has 0 saturated heterocycles. The van der Waals surface area contributed by atoms with E-state index in [1.165, 1.54) is 0 Å². The van der Waals surface area contributed by atoms with E-state index in [0.717, 1.165) is 12.1 Å². The van der Waals surface area contributed by atoms with Crippen molar-refractivity contribution in [3.8, 4) is 0 Å². The number of benzene rings is 1. The van der Waals surface area contributed by atoms with Gasteiger partial charge in [-0.1, -0.05) is 58.0 Å². The molecule has 0 fully saturated rings. The first-order chi connectivity index (χ1) is 12.2. The first kappa shape index (κ1) is 24.4. The van der Waals surface area contributed by atoms with Crippen molar-refractivity contribution in [1.29, 1.82) is 0 Å². The van der Waals surface area contributed by atoms with Gasteiger partial charge in [-0.05, 0) is 45.2 Å². The molecule has 26 heavy (non-hydrogen) atoms. The molecule has 0 aliphatic rings. The predicted molar refractivity (Wildman–Crippen MR) is 108 cm³/mol. The van der Waals surface area contributed by atoms with Crippen molar-refractivity contribution in [3.05, 3.63) is 35.9 Å². The van der Waals surface area contributed by atoms with Gasteiger partial charge in [0.2, 0.25) is 0 Å². The van der Waals surface area contributed by atoms with Crippen LogP contribution in [0.4, 0.5) is 4.79 Å². The van der Waals surface area contributed by atoms with Crippen LogP contribution < -0.4 is 10.6 Å². The van der Waals surface area contributed by atoms with Crippen LogP contribution in [0.1, 0.15) is 54.0 Å². The van der Waals surface area contributed by atoms with E-state index in [4.69, 9.17) is 4.74 Å². The molecule has 150 valence electrons. The minimum Gasteiger partial charge on any atom is -0.444 e. The molecular formula is C21H38N2O3. The summed E-state index contributed by atoms with van der Waals surface area (Å²) in [6, 6.07) is 9.39. The normalized spacial score (nSPS) is 13.4. The van der Waals surface area contributed by atoms with Crippen molar-refractivity contribution >= 4 is 6.09 Å². The third-order valence-electron chi connectivity index (χ3n) is 3.37. The molecule has 1 amide bonds. The van der Waals surface area contributed by atoms with Gasteiger partial charge < -0.3 is 20.5 Å². The van der Waals surface area contributed by atoms with Crippen LogP contribution in [0.3, 0.4) is 0 Å². The van der Waals surface area contributed by atoms with Gasteiger partial charge in [0.25, 0.3) is 0 Å². The number of carbonyl (C=O) groups is 1. The molecule has 2 atom stereocenters. The van der Waals surface area contributed by atoms with E-state index in [1.807, 2.05) is 65.0 Å². The molecule has 5 heteroatoms. The Labute approximate surface area is 159 Å². The number of aliphatic hydroxyl groups excluding tert-OH is 1. The number of amides is 1. The molecule has 1 aromatic rings. The molecule has 3 N–H and O–H groups in total. The largest absolute Gasteiger partial charge is 0.444 e. The standard InChI is InChI=1S/C19H32N2O3.C2H6/c1-14(2)12-20-13-17(22)16(11-15-9-7-6-8-10-15)21-18(23)24-19(3,4)5;1-2/h6-10,14,16-17,20,22H,11-13H2,1-5H3,(H,21,23);1-2H3/t16-,17+;/m0./s1. The zero-order chi connectivity index (χ0) is 20.2. The van der Waals surface area contributed by atoms with E-state index >= 15 is 0 Å². The Balaban J connectivity index is 0.00000301. The molecule has 0 heterocycles. The molecule has 0 aliphatic heterocycles. The second-order valence-electron chi connectivity index (χ2n) is 7.56. The molecule has 1 aromatic carbocycles. The SMILES string of the molecule is CC.CC(C)CNC[C@@H](O)[C@H](Cc1ccccc1)NC(=O)OC(C)(C)C. The second-order valence-corrected chi connectivity index (χ2v) is 7.56. The first-order valence-corrected chi connectivity index (χ1v) is 9.59. The Hall–Kier alpha value is -1.59. The number of rotatable bonds is 8. The van der Waals surface area contributed by atoms with Crippen LogP contribution >= 0.6 is 0 Å². The van der Waals surface area contributed by atoms with Crippen LogP contribution in [-0.2, 0) is 11.2 Å². The van der Waals surface area contributed by atoms with Gasteiger partial charge in [0.15, 0.2) is 0 Å². The molecule has 0 saturated carbocycles. The molecule has 0 bridgehead atoms. The summed E-state index contributed by atoms with van der Waals surface area (Å²) in [5, 5.41) is 16.5. The van der Waals surface area contributed by atoms with Crippen LogP contribution in [-0.4, -0.2) is 42.0 Å². The van der Waals surface area contributed by atoms with Gasteiger partial charge in [-0.2, -0.15) is 0 Å². The Morgan fingerprint density at radius 3 is 2.19 bits per heavy atom. The van der Waals surface area contributed by atoms with E-state index in [1.54, 1.807) is 0 Å². The molecule has 0 spiro atoms. The van der Waals surface area contributed by atoms with Crippen LogP contribution in [0.2, 0.25) is 0 Å². The minimum absolute atomic E-state index is 0.415. The summed E-state index contributed by atoms with van der Waals surface area (Å²) < 4.78 is 5.32. The quantitative estimate of drug-likeness (QED) is 0.655. The van der Waals surface area contributed by atoms with Crippen molar-refractivity contribution < 1.29 is 14.6 Å². The van der Waals surface area contributed by atoms with Crippen molar-refractivity contribution in [2.24, 2.45) is 5.92 Å². The van der Waals surface area contributed by atoms with Gasteiger partial charge in [0.1, 0.15) is 5.60 Å². The fourth-order valence-corrected chi connectivity index (χ4v) is 2.27. The van der Waals surface area contributed by atoms with Gasteiger partial charge in [0.05, 0.1) is 12.1 Å². The molecule has 0 aliphatic carbocycles. The highest BCUT2D eigenvalue weighted by Crippen LogP contribution is 2.10. The lowest BCUT2D eigenvalue weighted by Crippen LogP contribution is -2.50. The number of alkyl carbamates (subject to hydrolysis) is 1. The third-order valence-corrected chi connectivity index (χ3v) is 3.37. The number of hydrogen-bond donors (Lipinski definition) is 3. The Kier molecular flexibility index (Phi) is 11.9. The lowest BCUT2D eigenvalue weighted by molar-refractivity contribution is 0.0422. The molecule has 0 radical (unpaired) electrons. The highest BCUT2D eigenvalue weighted by Gasteiger charge is 2.24. The number of hydrogen-bond acceptors (Lipinski definition) is 4. The number of aliphatic hydroxyl groups is 1. The maximum atomic E-state index is 12.1. The molecular weight excluding hydrogens is 328 g/mol. The zero-order valence-corrected chi connectivity index (χ0v) is 17.5. The summed E-state index contributed by atoms with van der Waals surface area (Å²) in [5.74, 6) is 0.503. The van der Waals surface area contributed by atoms with Gasteiger partial charge in [0, 0.05) is 6.54 Å². The van der Waals surface area contributed by atoms with E-state index in [0.29, 0.717) is 18.9 Å². The fraction of sp³-hybridized carbons (Fsp3) is 0.667. The third kappa shape index (κ3) is 11.9. The van der Waals surface area contributed by atoms with E-state index in [-0.39, 0.29) is 0 Å². The highest BCUT2D eigenvalue weighted by atomic mass is 16.6. The number of ether oxygens (including phenoxy) is 1. The van der Waals surface area contributed by atoms with Crippen molar-refractivity contribution in [2.75, 3.05) is 13.1 Å². The molecule has 0 unspecified atom stereocenters. The molecule has 0 aromatic heterocycles. The summed E-state index contributed by atoms with van der Waals surface area (Å²) in [6.45, 7) is 14.9. The van der Waals surface area contributed by atoms with Crippen LogP contribution in [0, 0.1) is 5.92 Å². The molecule has 5 nitrogen and oxygen atoms in total. The first-order valence-electron chi connectivity index (χ1n) is 9.59. The van der Waals surface area contributed by atoms with Crippen molar-refractivity contribution in [3.63, 3.8) is 0 Å². The summed E-state index contributed by atoms with van der Waals surface area (Å²) in [7, 11) is 0. The second kappa shape index (κ2) is 12.7. The summed E-state index contributed by atoms with van der Waals surface area (Å²) in [4.78, 5) is 12.1. The maximum absolute atomic E-state index is 12.1. The minimum atomic E-state index is -0.698. The van der Waals surface area contributed by atoms with Crippen molar-refractivity contribution in [2.45, 2.75) is 72.6 Å². The van der Waals surface area contributed by atoms with Crippen LogP contribution in [0.15, 0.2) is 30.3 Å².